The summed E-state index contributed by atoms with van der Waals surface area (Å²) in [4.78, 5) is 0. The molecule has 1 fully saturated rings. The van der Waals surface area contributed by atoms with Crippen LogP contribution in [0.3, 0.4) is 0 Å². The molecule has 1 atom stereocenters. The molecule has 17 heavy (non-hydrogen) atoms. The quantitative estimate of drug-likeness (QED) is 0.841. The van der Waals surface area contributed by atoms with Crippen LogP contribution in [0.15, 0.2) is 18.2 Å². The first-order valence-electron chi connectivity index (χ1n) is 6.79. The van der Waals surface area contributed by atoms with Crippen LogP contribution in [0.1, 0.15) is 37.3 Å². The molecule has 1 N–H and O–H groups in total. The Hall–Kier alpha value is -1.02. The van der Waals surface area contributed by atoms with Crippen molar-refractivity contribution in [2.75, 3.05) is 6.61 Å². The lowest BCUT2D eigenvalue weighted by molar-refractivity contribution is 0.357. The maximum atomic E-state index is 5.52. The van der Waals surface area contributed by atoms with E-state index in [9.17, 15) is 0 Å². The molecule has 0 spiro atoms. The first kappa shape index (κ1) is 11.1. The van der Waals surface area contributed by atoms with Gasteiger partial charge in [0, 0.05) is 19.0 Å². The fourth-order valence-electron chi connectivity index (χ4n) is 2.58. The second-order valence-corrected chi connectivity index (χ2v) is 5.50. The largest absolute Gasteiger partial charge is 0.493 e. The molecule has 1 aromatic carbocycles. The highest BCUT2D eigenvalue weighted by molar-refractivity contribution is 5.39. The van der Waals surface area contributed by atoms with Crippen molar-refractivity contribution >= 4 is 0 Å². The molecule has 1 aromatic rings. The van der Waals surface area contributed by atoms with E-state index in [1.165, 1.54) is 30.4 Å². The van der Waals surface area contributed by atoms with Gasteiger partial charge in [-0.2, -0.15) is 0 Å². The summed E-state index contributed by atoms with van der Waals surface area (Å²) >= 11 is 0. The first-order chi connectivity index (χ1) is 8.31. The van der Waals surface area contributed by atoms with Gasteiger partial charge < -0.3 is 10.1 Å². The number of fused-ring (bicyclic) bond motifs is 1. The normalized spacial score (nSPS) is 19.8. The van der Waals surface area contributed by atoms with E-state index in [2.05, 4.69) is 30.4 Å². The van der Waals surface area contributed by atoms with Crippen molar-refractivity contribution in [3.05, 3.63) is 29.3 Å². The van der Waals surface area contributed by atoms with E-state index in [1.54, 1.807) is 0 Å². The monoisotopic (exact) mass is 231 g/mol. The van der Waals surface area contributed by atoms with E-state index in [1.807, 2.05) is 0 Å². The lowest BCUT2D eigenvalue weighted by Crippen LogP contribution is -2.25. The van der Waals surface area contributed by atoms with E-state index in [-0.39, 0.29) is 0 Å². The van der Waals surface area contributed by atoms with E-state index in [0.29, 0.717) is 6.04 Å². The highest BCUT2D eigenvalue weighted by atomic mass is 16.5. The summed E-state index contributed by atoms with van der Waals surface area (Å²) in [5.74, 6) is 2.09. The predicted molar refractivity (Wildman–Crippen MR) is 69.3 cm³/mol. The fourth-order valence-corrected chi connectivity index (χ4v) is 2.58. The van der Waals surface area contributed by atoms with Gasteiger partial charge in [-0.05, 0) is 36.5 Å². The highest BCUT2D eigenvalue weighted by Gasteiger charge is 2.23. The summed E-state index contributed by atoms with van der Waals surface area (Å²) in [7, 11) is 0. The zero-order valence-electron chi connectivity index (χ0n) is 10.5. The molecule has 1 saturated carbocycles. The average Bonchev–Trinajstić information content (AvgIpc) is 3.01. The minimum Gasteiger partial charge on any atom is -0.493 e. The number of rotatable bonds is 5. The summed E-state index contributed by atoms with van der Waals surface area (Å²) in [6.45, 7) is 4.14. The molecular weight excluding hydrogens is 210 g/mol. The number of hydrogen-bond acceptors (Lipinski definition) is 2. The van der Waals surface area contributed by atoms with Crippen LogP contribution in [0.2, 0.25) is 0 Å². The Morgan fingerprint density at radius 1 is 1.41 bits per heavy atom. The minimum absolute atomic E-state index is 0.645. The van der Waals surface area contributed by atoms with Crippen molar-refractivity contribution in [1.82, 2.24) is 5.32 Å². The number of nitrogens with one attached hydrogen (secondary N) is 1. The molecule has 0 amide bonds. The van der Waals surface area contributed by atoms with E-state index in [4.69, 9.17) is 4.74 Å². The maximum Gasteiger partial charge on any atom is 0.122 e. The molecule has 2 aliphatic rings. The van der Waals surface area contributed by atoms with Gasteiger partial charge in [0.2, 0.25) is 0 Å². The number of benzene rings is 1. The molecule has 0 saturated heterocycles. The minimum atomic E-state index is 0.645. The Morgan fingerprint density at radius 3 is 3.12 bits per heavy atom. The molecule has 1 heterocycles. The molecule has 2 heteroatoms. The zero-order valence-corrected chi connectivity index (χ0v) is 10.5. The van der Waals surface area contributed by atoms with Gasteiger partial charge in [-0.1, -0.05) is 25.0 Å². The van der Waals surface area contributed by atoms with E-state index in [0.717, 1.165) is 31.2 Å². The maximum absolute atomic E-state index is 5.52. The van der Waals surface area contributed by atoms with Gasteiger partial charge in [0.05, 0.1) is 6.61 Å². The second kappa shape index (κ2) is 4.69. The fraction of sp³-hybridized carbons (Fsp3) is 0.600. The van der Waals surface area contributed by atoms with Gasteiger partial charge in [-0.25, -0.2) is 0 Å². The highest BCUT2D eigenvalue weighted by Crippen LogP contribution is 2.33. The first-order valence-corrected chi connectivity index (χ1v) is 6.79. The lowest BCUT2D eigenvalue weighted by Gasteiger charge is -2.13. The van der Waals surface area contributed by atoms with E-state index < -0.39 is 0 Å². The van der Waals surface area contributed by atoms with Crippen LogP contribution in [0.4, 0.5) is 0 Å². The molecule has 92 valence electrons. The van der Waals surface area contributed by atoms with Gasteiger partial charge in [-0.3, -0.25) is 0 Å². The van der Waals surface area contributed by atoms with Gasteiger partial charge in [0.15, 0.2) is 0 Å². The average molecular weight is 231 g/mol. The summed E-state index contributed by atoms with van der Waals surface area (Å²) in [6, 6.07) is 7.23. The van der Waals surface area contributed by atoms with Gasteiger partial charge in [0.1, 0.15) is 5.75 Å². The standard InChI is InChI=1S/C15H21NO/c1-11(8-12-2-3-12)16-10-13-4-5-15-14(9-13)6-7-17-15/h4-5,9,11-12,16H,2-3,6-8,10H2,1H3. The molecule has 0 aromatic heterocycles. The third-order valence-electron chi connectivity index (χ3n) is 3.79. The molecule has 2 nitrogen and oxygen atoms in total. The molecule has 3 rings (SSSR count). The van der Waals surface area contributed by atoms with Crippen LogP contribution in [0.25, 0.3) is 0 Å². The third kappa shape index (κ3) is 2.81. The topological polar surface area (TPSA) is 21.3 Å². The zero-order chi connectivity index (χ0) is 11.7. The van der Waals surface area contributed by atoms with Crippen LogP contribution in [0.5, 0.6) is 5.75 Å². The molecule has 0 bridgehead atoms. The summed E-state index contributed by atoms with van der Waals surface area (Å²) in [6.07, 6.45) is 5.30. The van der Waals surface area contributed by atoms with Crippen LogP contribution in [-0.2, 0) is 13.0 Å². The van der Waals surface area contributed by atoms with Crippen molar-refractivity contribution in [3.63, 3.8) is 0 Å². The van der Waals surface area contributed by atoms with Crippen molar-refractivity contribution in [2.24, 2.45) is 5.92 Å². The molecular formula is C15H21NO. The molecule has 1 aliphatic carbocycles. The summed E-state index contributed by atoms with van der Waals surface area (Å²) in [5, 5.41) is 3.62. The predicted octanol–water partition coefficient (Wildman–Crippen LogP) is 2.90. The second-order valence-electron chi connectivity index (χ2n) is 5.50. The van der Waals surface area contributed by atoms with Gasteiger partial charge >= 0.3 is 0 Å². The van der Waals surface area contributed by atoms with Crippen molar-refractivity contribution in [3.8, 4) is 5.75 Å². The summed E-state index contributed by atoms with van der Waals surface area (Å²) < 4.78 is 5.52. The van der Waals surface area contributed by atoms with Crippen LogP contribution >= 0.6 is 0 Å². The SMILES string of the molecule is CC(CC1CC1)NCc1ccc2c(c1)CCO2. The van der Waals surface area contributed by atoms with Crippen molar-refractivity contribution in [2.45, 2.75) is 45.2 Å². The molecule has 0 radical (unpaired) electrons. The Labute approximate surface area is 103 Å². The van der Waals surface area contributed by atoms with Gasteiger partial charge in [-0.15, -0.1) is 0 Å². The Bertz CT molecular complexity index is 398. The van der Waals surface area contributed by atoms with Crippen molar-refractivity contribution < 1.29 is 4.74 Å². The smallest absolute Gasteiger partial charge is 0.122 e. The number of hydrogen-bond donors (Lipinski definition) is 1. The molecule has 1 aliphatic heterocycles. The van der Waals surface area contributed by atoms with Crippen LogP contribution < -0.4 is 10.1 Å². The van der Waals surface area contributed by atoms with Gasteiger partial charge in [0.25, 0.3) is 0 Å². The Morgan fingerprint density at radius 2 is 2.29 bits per heavy atom. The third-order valence-corrected chi connectivity index (χ3v) is 3.79. The molecule has 1 unspecified atom stereocenters. The van der Waals surface area contributed by atoms with E-state index >= 15 is 0 Å². The van der Waals surface area contributed by atoms with Crippen LogP contribution in [0, 0.1) is 5.92 Å². The Balaban J connectivity index is 1.53. The Kier molecular flexibility index (Phi) is 3.06. The number of ether oxygens (including phenoxy) is 1. The van der Waals surface area contributed by atoms with Crippen molar-refractivity contribution in [1.29, 1.82) is 0 Å². The van der Waals surface area contributed by atoms with Crippen LogP contribution in [-0.4, -0.2) is 12.6 Å². The summed E-state index contributed by atoms with van der Waals surface area (Å²) in [5.41, 5.74) is 2.76. The lowest BCUT2D eigenvalue weighted by atomic mass is 10.1.